The fourth-order valence-electron chi connectivity index (χ4n) is 2.27. The van der Waals surface area contributed by atoms with Gasteiger partial charge in [-0.3, -0.25) is 0 Å². The van der Waals surface area contributed by atoms with Gasteiger partial charge in [-0.15, -0.1) is 0 Å². The van der Waals surface area contributed by atoms with Crippen LogP contribution in [0, 0.1) is 0 Å². The summed E-state index contributed by atoms with van der Waals surface area (Å²) in [6.45, 7) is 2.05. The van der Waals surface area contributed by atoms with Gasteiger partial charge in [0.2, 0.25) is 0 Å². The molecule has 2 rings (SSSR count). The number of sulfone groups is 1. The van der Waals surface area contributed by atoms with Crippen LogP contribution in [0.2, 0.25) is 0 Å². The molecular weight excluding hydrogens is 250 g/mol. The summed E-state index contributed by atoms with van der Waals surface area (Å²) in [5.74, 6) is 1.39. The zero-order valence-electron chi connectivity index (χ0n) is 10.7. The van der Waals surface area contributed by atoms with Crippen molar-refractivity contribution in [3.8, 4) is 5.75 Å². The molecule has 2 atom stereocenters. The van der Waals surface area contributed by atoms with Gasteiger partial charge < -0.3 is 10.1 Å². The van der Waals surface area contributed by atoms with Crippen LogP contribution >= 0.6 is 0 Å². The molecule has 0 saturated carbocycles. The van der Waals surface area contributed by atoms with Crippen molar-refractivity contribution in [2.75, 3.05) is 18.6 Å². The van der Waals surface area contributed by atoms with Crippen LogP contribution in [0.1, 0.15) is 24.9 Å². The third kappa shape index (κ3) is 3.23. The molecule has 1 heterocycles. The Labute approximate surface area is 108 Å². The lowest BCUT2D eigenvalue weighted by Crippen LogP contribution is -2.32. The third-order valence-corrected chi connectivity index (χ3v) is 5.10. The lowest BCUT2D eigenvalue weighted by molar-refractivity contribution is 0.414. The zero-order chi connectivity index (χ0) is 13.2. The van der Waals surface area contributed by atoms with E-state index >= 15 is 0 Å². The second-order valence-corrected chi connectivity index (χ2v) is 6.99. The maximum absolute atomic E-state index is 11.4. The Morgan fingerprint density at radius 3 is 2.50 bits per heavy atom. The molecule has 0 bridgehead atoms. The van der Waals surface area contributed by atoms with Gasteiger partial charge in [-0.05, 0) is 31.0 Å². The highest BCUT2D eigenvalue weighted by Gasteiger charge is 2.28. The highest BCUT2D eigenvalue weighted by molar-refractivity contribution is 7.91. The zero-order valence-corrected chi connectivity index (χ0v) is 11.5. The number of methoxy groups -OCH3 is 1. The molecule has 0 amide bonds. The maximum atomic E-state index is 11.4. The Kier molecular flexibility index (Phi) is 3.92. The number of nitrogens with one attached hydrogen (secondary N) is 1. The summed E-state index contributed by atoms with van der Waals surface area (Å²) in [4.78, 5) is 0. The predicted molar refractivity (Wildman–Crippen MR) is 71.6 cm³/mol. The monoisotopic (exact) mass is 269 g/mol. The predicted octanol–water partition coefficient (Wildman–Crippen LogP) is 1.53. The topological polar surface area (TPSA) is 55.4 Å². The highest BCUT2D eigenvalue weighted by Crippen LogP contribution is 2.20. The van der Waals surface area contributed by atoms with Crippen molar-refractivity contribution in [2.24, 2.45) is 0 Å². The van der Waals surface area contributed by atoms with Crippen LogP contribution in [-0.2, 0) is 9.84 Å². The first kappa shape index (κ1) is 13.4. The van der Waals surface area contributed by atoms with Gasteiger partial charge in [-0.25, -0.2) is 8.42 Å². The van der Waals surface area contributed by atoms with Crippen LogP contribution in [0.15, 0.2) is 24.3 Å². The van der Waals surface area contributed by atoms with E-state index in [-0.39, 0.29) is 17.8 Å². The molecule has 0 spiro atoms. The first-order valence-corrected chi connectivity index (χ1v) is 7.93. The van der Waals surface area contributed by atoms with E-state index in [1.165, 1.54) is 0 Å². The van der Waals surface area contributed by atoms with E-state index in [0.29, 0.717) is 12.2 Å². The Morgan fingerprint density at radius 1 is 1.33 bits per heavy atom. The van der Waals surface area contributed by atoms with Crippen LogP contribution in [0.4, 0.5) is 0 Å². The van der Waals surface area contributed by atoms with Gasteiger partial charge in [0.05, 0.1) is 18.6 Å². The van der Waals surface area contributed by atoms with Crippen molar-refractivity contribution < 1.29 is 13.2 Å². The molecule has 1 aliphatic heterocycles. The Balaban J connectivity index is 1.97. The standard InChI is InChI=1S/C13H19NO3S/c1-10(11-3-5-13(17-2)6-4-11)14-12-7-8-18(15,16)9-12/h3-6,10,12,14H,7-9H2,1-2H3/t10-,12?/m1/s1. The number of ether oxygens (including phenoxy) is 1. The highest BCUT2D eigenvalue weighted by atomic mass is 32.2. The van der Waals surface area contributed by atoms with E-state index in [2.05, 4.69) is 5.32 Å². The molecule has 0 aliphatic carbocycles. The minimum atomic E-state index is -2.82. The van der Waals surface area contributed by atoms with E-state index in [0.717, 1.165) is 11.3 Å². The Morgan fingerprint density at radius 2 is 2.00 bits per heavy atom. The molecule has 1 saturated heterocycles. The summed E-state index contributed by atoms with van der Waals surface area (Å²) in [6.07, 6.45) is 0.711. The fourth-order valence-corrected chi connectivity index (χ4v) is 3.96. The van der Waals surface area contributed by atoms with E-state index in [1.807, 2.05) is 31.2 Å². The summed E-state index contributed by atoms with van der Waals surface area (Å²) >= 11 is 0. The van der Waals surface area contributed by atoms with Crippen molar-refractivity contribution in [3.05, 3.63) is 29.8 Å². The quantitative estimate of drug-likeness (QED) is 0.900. The molecule has 4 nitrogen and oxygen atoms in total. The van der Waals surface area contributed by atoms with Gasteiger partial charge in [0, 0.05) is 12.1 Å². The van der Waals surface area contributed by atoms with E-state index in [4.69, 9.17) is 4.74 Å². The number of benzene rings is 1. The lowest BCUT2D eigenvalue weighted by atomic mass is 10.1. The van der Waals surface area contributed by atoms with Crippen LogP contribution < -0.4 is 10.1 Å². The average Bonchev–Trinajstić information content (AvgIpc) is 2.68. The molecule has 18 heavy (non-hydrogen) atoms. The first-order valence-electron chi connectivity index (χ1n) is 6.10. The van der Waals surface area contributed by atoms with E-state index in [9.17, 15) is 8.42 Å². The SMILES string of the molecule is COc1ccc([C@@H](C)NC2CCS(=O)(=O)C2)cc1. The minimum absolute atomic E-state index is 0.0760. The molecule has 0 radical (unpaired) electrons. The van der Waals surface area contributed by atoms with Crippen molar-refractivity contribution in [2.45, 2.75) is 25.4 Å². The third-order valence-electron chi connectivity index (χ3n) is 3.33. The molecule has 1 fully saturated rings. The van der Waals surface area contributed by atoms with E-state index in [1.54, 1.807) is 7.11 Å². The van der Waals surface area contributed by atoms with E-state index < -0.39 is 9.84 Å². The van der Waals surface area contributed by atoms with Gasteiger partial charge in [-0.1, -0.05) is 12.1 Å². The summed E-state index contributed by atoms with van der Waals surface area (Å²) < 4.78 is 27.9. The molecule has 1 aromatic carbocycles. The van der Waals surface area contributed by atoms with Crippen LogP contribution in [0.3, 0.4) is 0 Å². The normalized spacial score (nSPS) is 23.8. The molecule has 1 unspecified atom stereocenters. The number of rotatable bonds is 4. The van der Waals surface area contributed by atoms with Crippen LogP contribution in [0.5, 0.6) is 5.75 Å². The maximum Gasteiger partial charge on any atom is 0.151 e. The van der Waals surface area contributed by atoms with Crippen LogP contribution in [0.25, 0.3) is 0 Å². The van der Waals surface area contributed by atoms with Crippen molar-refractivity contribution in [1.82, 2.24) is 5.32 Å². The summed E-state index contributed by atoms with van der Waals surface area (Å²) in [7, 11) is -1.18. The Hall–Kier alpha value is -1.07. The first-order chi connectivity index (χ1) is 8.50. The number of hydrogen-bond donors (Lipinski definition) is 1. The molecule has 1 N–H and O–H groups in total. The van der Waals surface area contributed by atoms with Crippen molar-refractivity contribution >= 4 is 9.84 Å². The summed E-state index contributed by atoms with van der Waals surface area (Å²) in [5.41, 5.74) is 1.14. The lowest BCUT2D eigenvalue weighted by Gasteiger charge is -2.19. The average molecular weight is 269 g/mol. The smallest absolute Gasteiger partial charge is 0.151 e. The van der Waals surface area contributed by atoms with Crippen LogP contribution in [-0.4, -0.2) is 33.1 Å². The fraction of sp³-hybridized carbons (Fsp3) is 0.538. The second kappa shape index (κ2) is 5.28. The molecule has 1 aliphatic rings. The summed E-state index contributed by atoms with van der Waals surface area (Å²) in [6, 6.07) is 8.05. The molecule has 100 valence electrons. The Bertz CT molecular complexity index is 495. The van der Waals surface area contributed by atoms with Crippen molar-refractivity contribution in [3.63, 3.8) is 0 Å². The van der Waals surface area contributed by atoms with Gasteiger partial charge in [0.15, 0.2) is 9.84 Å². The minimum Gasteiger partial charge on any atom is -0.497 e. The number of hydrogen-bond acceptors (Lipinski definition) is 4. The van der Waals surface area contributed by atoms with Gasteiger partial charge >= 0.3 is 0 Å². The van der Waals surface area contributed by atoms with Gasteiger partial charge in [0.25, 0.3) is 0 Å². The molecule has 0 aromatic heterocycles. The molecule has 1 aromatic rings. The molecular formula is C13H19NO3S. The largest absolute Gasteiger partial charge is 0.497 e. The van der Waals surface area contributed by atoms with Gasteiger partial charge in [0.1, 0.15) is 5.75 Å². The van der Waals surface area contributed by atoms with Gasteiger partial charge in [-0.2, -0.15) is 0 Å². The second-order valence-electron chi connectivity index (χ2n) is 4.76. The van der Waals surface area contributed by atoms with Crippen molar-refractivity contribution in [1.29, 1.82) is 0 Å². The summed E-state index contributed by atoms with van der Waals surface area (Å²) in [5, 5.41) is 3.37. The molecule has 5 heteroatoms.